The maximum atomic E-state index is 4.76. The minimum Gasteiger partial charge on any atom is -0.0965 e. The summed E-state index contributed by atoms with van der Waals surface area (Å²) < 4.78 is 0. The maximum absolute atomic E-state index is 4.76. The quantitative estimate of drug-likeness (QED) is 0.0552. The summed E-state index contributed by atoms with van der Waals surface area (Å²) in [5.41, 5.74) is 1.48. The van der Waals surface area contributed by atoms with E-state index in [1.807, 2.05) is 12.4 Å². The lowest BCUT2D eigenvalue weighted by Crippen LogP contribution is -2.22. The third-order valence-corrected chi connectivity index (χ3v) is 10.3. The summed E-state index contributed by atoms with van der Waals surface area (Å²) in [6, 6.07) is 11.2. The highest BCUT2D eigenvalue weighted by molar-refractivity contribution is 6.18. The van der Waals surface area contributed by atoms with Crippen molar-refractivity contribution < 1.29 is 0 Å². The fraction of sp³-hybridized carbons (Fsp3) is 0.791. The lowest BCUT2D eigenvalue weighted by atomic mass is 9.78. The topological polar surface area (TPSA) is 24.7 Å². The van der Waals surface area contributed by atoms with Crippen LogP contribution < -0.4 is 0 Å². The molecule has 2 rings (SSSR count). The Labute approximate surface area is 282 Å². The van der Waals surface area contributed by atoms with Crippen molar-refractivity contribution in [3.63, 3.8) is 0 Å². The average Bonchev–Trinajstić information content (AvgIpc) is 3.60. The van der Waals surface area contributed by atoms with Crippen molar-refractivity contribution in [3.8, 4) is 0 Å². The molecule has 2 heteroatoms. The highest BCUT2D eigenvalue weighted by Crippen LogP contribution is 2.37. The molecule has 1 heterocycles. The van der Waals surface area contributed by atoms with E-state index in [1.165, 1.54) is 192 Å². The van der Waals surface area contributed by atoms with Gasteiger partial charge in [-0.05, 0) is 30.7 Å². The predicted molar refractivity (Wildman–Crippen MR) is 203 cm³/mol. The summed E-state index contributed by atoms with van der Waals surface area (Å²) in [4.78, 5) is 9.53. The first-order valence-electron chi connectivity index (χ1n) is 20.3. The predicted octanol–water partition coefficient (Wildman–Crippen LogP) is 14.5. The molecule has 2 unspecified atom stereocenters. The van der Waals surface area contributed by atoms with Crippen LogP contribution in [0.2, 0.25) is 0 Å². The Kier molecular flexibility index (Phi) is 26.2. The number of unbranched alkanes of at least 4 members (excludes halogenated alkanes) is 25. The Morgan fingerprint density at radius 3 is 1.20 bits per heavy atom. The Bertz CT molecular complexity index is 787. The van der Waals surface area contributed by atoms with E-state index in [1.54, 1.807) is 0 Å². The minimum atomic E-state index is 0.495. The van der Waals surface area contributed by atoms with E-state index in [-0.39, 0.29) is 0 Å². The molecule has 1 aromatic rings. The summed E-state index contributed by atoms with van der Waals surface area (Å²) in [5, 5.41) is 0. The largest absolute Gasteiger partial charge is 0.244 e. The molecule has 1 aliphatic rings. The zero-order chi connectivity index (χ0) is 31.9. The summed E-state index contributed by atoms with van der Waals surface area (Å²) in [6.45, 7) is 4.61. The molecule has 0 saturated heterocycles. The summed E-state index contributed by atoms with van der Waals surface area (Å²) in [6.07, 6.45) is 47.0. The van der Waals surface area contributed by atoms with Crippen LogP contribution in [0.1, 0.15) is 206 Å². The van der Waals surface area contributed by atoms with Crippen LogP contribution in [0.5, 0.6) is 0 Å². The molecule has 0 amide bonds. The fourth-order valence-electron chi connectivity index (χ4n) is 7.37. The molecule has 1 aromatic carbocycles. The second kappa shape index (κ2) is 29.8. The van der Waals surface area contributed by atoms with Gasteiger partial charge in [-0.15, -0.1) is 0 Å². The Morgan fingerprint density at radius 1 is 0.444 bits per heavy atom. The zero-order valence-electron chi connectivity index (χ0n) is 30.3. The van der Waals surface area contributed by atoms with E-state index in [2.05, 4.69) is 44.2 Å². The molecule has 0 fully saturated rings. The number of hydrogen-bond donors (Lipinski definition) is 0. The minimum absolute atomic E-state index is 0.495. The van der Waals surface area contributed by atoms with Crippen molar-refractivity contribution >= 4 is 12.4 Å². The van der Waals surface area contributed by atoms with Gasteiger partial charge in [-0.1, -0.05) is 228 Å². The molecule has 2 nitrogen and oxygen atoms in total. The highest BCUT2D eigenvalue weighted by Gasteiger charge is 2.35. The van der Waals surface area contributed by atoms with E-state index >= 15 is 0 Å². The molecule has 0 aromatic heterocycles. The Hall–Kier alpha value is -1.57. The molecule has 0 radical (unpaired) electrons. The van der Waals surface area contributed by atoms with Crippen molar-refractivity contribution in [3.05, 3.63) is 42.1 Å². The van der Waals surface area contributed by atoms with Crippen LogP contribution >= 0.6 is 0 Å². The number of benzene rings is 1. The van der Waals surface area contributed by atoms with Crippen LogP contribution in [0, 0.1) is 18.0 Å². The SMILES string of the molecule is CCCCCCCCCCCCCCCCCC(Cc1ccccc1)C(CCCCCCCCCCCCCC)[C+]1N=CC=N1. The molecule has 45 heavy (non-hydrogen) atoms. The monoisotopic (exact) mass is 620 g/mol. The molecular formula is C43H75N2+. The number of hydrogen-bond acceptors (Lipinski definition) is 2. The van der Waals surface area contributed by atoms with Crippen LogP contribution in [-0.4, -0.2) is 12.4 Å². The smallest absolute Gasteiger partial charge is 0.0965 e. The van der Waals surface area contributed by atoms with Gasteiger partial charge in [0.1, 0.15) is 0 Å². The van der Waals surface area contributed by atoms with Gasteiger partial charge in [-0.3, -0.25) is 0 Å². The normalized spacial score (nSPS) is 14.0. The van der Waals surface area contributed by atoms with Crippen LogP contribution in [0.3, 0.4) is 0 Å². The fourth-order valence-corrected chi connectivity index (χ4v) is 7.37. The zero-order valence-corrected chi connectivity index (χ0v) is 30.3. The van der Waals surface area contributed by atoms with Gasteiger partial charge in [0.25, 0.3) is 0 Å². The van der Waals surface area contributed by atoms with Gasteiger partial charge in [0.05, 0.1) is 5.92 Å². The number of aliphatic imine (C=N–C) groups is 2. The lowest BCUT2D eigenvalue weighted by Gasteiger charge is -2.26. The summed E-state index contributed by atoms with van der Waals surface area (Å²) in [5.74, 6) is 1.14. The van der Waals surface area contributed by atoms with E-state index in [0.717, 1.165) is 12.6 Å². The van der Waals surface area contributed by atoms with E-state index in [0.29, 0.717) is 11.8 Å². The Balaban J connectivity index is 1.65. The van der Waals surface area contributed by atoms with Crippen LogP contribution in [-0.2, 0) is 6.42 Å². The highest BCUT2D eigenvalue weighted by atomic mass is 15.0. The number of rotatable bonds is 33. The van der Waals surface area contributed by atoms with Crippen LogP contribution in [0.25, 0.3) is 0 Å². The van der Waals surface area contributed by atoms with Gasteiger partial charge >= 0.3 is 0 Å². The number of nitrogens with zero attached hydrogens (tertiary/aromatic N) is 2. The van der Waals surface area contributed by atoms with Gasteiger partial charge < -0.3 is 0 Å². The lowest BCUT2D eigenvalue weighted by molar-refractivity contribution is 0.284. The van der Waals surface area contributed by atoms with E-state index < -0.39 is 0 Å². The van der Waals surface area contributed by atoms with E-state index in [4.69, 9.17) is 9.98 Å². The second-order valence-corrected chi connectivity index (χ2v) is 14.4. The summed E-state index contributed by atoms with van der Waals surface area (Å²) in [7, 11) is 0. The van der Waals surface area contributed by atoms with Crippen molar-refractivity contribution in [2.45, 2.75) is 206 Å². The first-order valence-corrected chi connectivity index (χ1v) is 20.3. The molecule has 2 atom stereocenters. The van der Waals surface area contributed by atoms with Crippen molar-refractivity contribution in [2.24, 2.45) is 21.8 Å². The molecule has 1 aliphatic heterocycles. The van der Waals surface area contributed by atoms with E-state index in [9.17, 15) is 0 Å². The van der Waals surface area contributed by atoms with Crippen molar-refractivity contribution in [2.75, 3.05) is 0 Å². The summed E-state index contributed by atoms with van der Waals surface area (Å²) >= 11 is 0. The van der Waals surface area contributed by atoms with Gasteiger partial charge in [0.2, 0.25) is 6.17 Å². The van der Waals surface area contributed by atoms with Crippen LogP contribution in [0.4, 0.5) is 0 Å². The average molecular weight is 620 g/mol. The molecule has 256 valence electrons. The van der Waals surface area contributed by atoms with Crippen molar-refractivity contribution in [1.29, 1.82) is 0 Å². The van der Waals surface area contributed by atoms with Gasteiger partial charge in [-0.2, -0.15) is 0 Å². The maximum Gasteiger partial charge on any atom is 0.244 e. The first kappa shape index (κ1) is 39.6. The van der Waals surface area contributed by atoms with Gasteiger partial charge in [0.15, 0.2) is 12.4 Å². The van der Waals surface area contributed by atoms with Crippen molar-refractivity contribution in [1.82, 2.24) is 0 Å². The molecule has 0 N–H and O–H groups in total. The van der Waals surface area contributed by atoms with Gasteiger partial charge in [0, 0.05) is 0 Å². The standard InChI is InChI=1S/C43H75N2/c1-3-5-7-9-11-13-15-17-18-19-20-22-24-26-31-35-41(39-40-33-29-28-30-34-40)42(43-44-37-38-45-43)36-32-27-25-23-21-16-14-12-10-8-6-4-2/h28-30,33-34,37-38,41-42H,3-27,31-32,35-36,39H2,1-2H3/q+1. The molecule has 0 saturated carbocycles. The third kappa shape index (κ3) is 21.8. The molecule has 0 bridgehead atoms. The molecule has 0 spiro atoms. The first-order chi connectivity index (χ1) is 22.3. The Morgan fingerprint density at radius 2 is 0.800 bits per heavy atom. The van der Waals surface area contributed by atoms with Gasteiger partial charge in [-0.25, -0.2) is 0 Å². The third-order valence-electron chi connectivity index (χ3n) is 10.3. The molecular weight excluding hydrogens is 544 g/mol. The second-order valence-electron chi connectivity index (χ2n) is 14.4. The molecule has 0 aliphatic carbocycles. The van der Waals surface area contributed by atoms with Crippen LogP contribution in [0.15, 0.2) is 40.3 Å².